The lowest BCUT2D eigenvalue weighted by Gasteiger charge is -2.10. The third-order valence-electron chi connectivity index (χ3n) is 3.94. The minimum Gasteiger partial charge on any atom is -0.319 e. The summed E-state index contributed by atoms with van der Waals surface area (Å²) in [7, 11) is 0. The molecule has 112 valence electrons. The maximum absolute atomic E-state index is 4.85. The summed E-state index contributed by atoms with van der Waals surface area (Å²) in [4.78, 5) is 4.85. The molecule has 0 saturated carbocycles. The molecule has 0 amide bonds. The molecule has 1 heterocycles. The topological polar surface area (TPSA) is 17.8 Å². The quantitative estimate of drug-likeness (QED) is 0.469. The number of nitrogens with zero attached hydrogens (tertiary/aromatic N) is 2. The van der Waals surface area contributed by atoms with E-state index >= 15 is 0 Å². The summed E-state index contributed by atoms with van der Waals surface area (Å²) in [5.41, 5.74) is 4.59. The summed E-state index contributed by atoms with van der Waals surface area (Å²) in [6.45, 7) is 0.804. The number of benzene rings is 3. The van der Waals surface area contributed by atoms with Gasteiger partial charge in [0.25, 0.3) is 0 Å². The van der Waals surface area contributed by atoms with E-state index in [1.807, 2.05) is 12.1 Å². The molecule has 0 spiro atoms. The van der Waals surface area contributed by atoms with E-state index in [1.54, 1.807) is 0 Å². The van der Waals surface area contributed by atoms with Gasteiger partial charge in [-0.05, 0) is 29.8 Å². The normalized spacial score (nSPS) is 11.0. The fraction of sp³-hybridized carbons (Fsp3) is 0.0500. The monoisotopic (exact) mass is 362 g/mol. The average molecular weight is 363 g/mol. The van der Waals surface area contributed by atoms with Gasteiger partial charge in [0.15, 0.2) is 0 Å². The standard InChI is InChI=1S/C20H15BrN2/c21-17-12-10-15(11-13-17)14-23-19-9-5-4-8-18(19)22-20(23)16-6-2-1-3-7-16/h1-13H,14H2. The van der Waals surface area contributed by atoms with Gasteiger partial charge in [-0.25, -0.2) is 4.98 Å². The number of hydrogen-bond acceptors (Lipinski definition) is 1. The highest BCUT2D eigenvalue weighted by atomic mass is 79.9. The Hall–Kier alpha value is -2.39. The van der Waals surface area contributed by atoms with E-state index in [0.29, 0.717) is 0 Å². The Morgan fingerprint density at radius 1 is 0.783 bits per heavy atom. The number of halogens is 1. The maximum Gasteiger partial charge on any atom is 0.141 e. The van der Waals surface area contributed by atoms with Crippen molar-refractivity contribution in [2.75, 3.05) is 0 Å². The van der Waals surface area contributed by atoms with Crippen molar-refractivity contribution in [2.24, 2.45) is 0 Å². The first-order valence-corrected chi connectivity index (χ1v) is 8.36. The Bertz CT molecular complexity index is 940. The summed E-state index contributed by atoms with van der Waals surface area (Å²) in [5.74, 6) is 1.01. The smallest absolute Gasteiger partial charge is 0.141 e. The van der Waals surface area contributed by atoms with Crippen LogP contribution >= 0.6 is 15.9 Å². The summed E-state index contributed by atoms with van der Waals surface area (Å²) in [5, 5.41) is 0. The summed E-state index contributed by atoms with van der Waals surface area (Å²) in [6.07, 6.45) is 0. The third-order valence-corrected chi connectivity index (χ3v) is 4.47. The molecule has 0 fully saturated rings. The lowest BCUT2D eigenvalue weighted by molar-refractivity contribution is 0.834. The molecule has 1 aromatic heterocycles. The molecule has 0 atom stereocenters. The molecule has 0 N–H and O–H groups in total. The zero-order chi connectivity index (χ0) is 15.6. The van der Waals surface area contributed by atoms with Crippen molar-refractivity contribution >= 4 is 27.0 Å². The summed E-state index contributed by atoms with van der Waals surface area (Å²) in [6, 6.07) is 27.1. The van der Waals surface area contributed by atoms with Crippen molar-refractivity contribution in [3.63, 3.8) is 0 Å². The van der Waals surface area contributed by atoms with E-state index in [0.717, 1.165) is 33.4 Å². The summed E-state index contributed by atoms with van der Waals surface area (Å²) < 4.78 is 3.38. The molecule has 3 aromatic carbocycles. The van der Waals surface area contributed by atoms with Crippen LogP contribution in [-0.2, 0) is 6.54 Å². The van der Waals surface area contributed by atoms with Crippen molar-refractivity contribution in [3.8, 4) is 11.4 Å². The molecule has 0 aliphatic heterocycles. The predicted molar refractivity (Wildman–Crippen MR) is 98.4 cm³/mol. The van der Waals surface area contributed by atoms with Gasteiger partial charge in [0, 0.05) is 16.6 Å². The highest BCUT2D eigenvalue weighted by Gasteiger charge is 2.12. The fourth-order valence-electron chi connectivity index (χ4n) is 2.82. The second-order valence-corrected chi connectivity index (χ2v) is 6.42. The van der Waals surface area contributed by atoms with Gasteiger partial charge in [-0.1, -0.05) is 70.5 Å². The molecule has 0 aliphatic carbocycles. The van der Waals surface area contributed by atoms with E-state index in [2.05, 4.69) is 87.2 Å². The molecule has 3 heteroatoms. The van der Waals surface area contributed by atoms with Crippen LogP contribution in [0.1, 0.15) is 5.56 Å². The first-order valence-electron chi connectivity index (χ1n) is 7.56. The Kier molecular flexibility index (Phi) is 3.72. The molecule has 0 saturated heterocycles. The highest BCUT2D eigenvalue weighted by molar-refractivity contribution is 9.10. The number of hydrogen-bond donors (Lipinski definition) is 0. The average Bonchev–Trinajstić information content (AvgIpc) is 2.96. The lowest BCUT2D eigenvalue weighted by Crippen LogP contribution is -2.02. The van der Waals surface area contributed by atoms with Gasteiger partial charge in [-0.2, -0.15) is 0 Å². The van der Waals surface area contributed by atoms with E-state index in [9.17, 15) is 0 Å². The molecular formula is C20H15BrN2. The first-order chi connectivity index (χ1) is 11.3. The Morgan fingerprint density at radius 3 is 2.26 bits per heavy atom. The van der Waals surface area contributed by atoms with Gasteiger partial charge in [0.1, 0.15) is 5.82 Å². The van der Waals surface area contributed by atoms with Crippen molar-refractivity contribution in [3.05, 3.63) is 88.9 Å². The molecule has 4 aromatic rings. The molecule has 23 heavy (non-hydrogen) atoms. The number of rotatable bonds is 3. The lowest BCUT2D eigenvalue weighted by atomic mass is 10.2. The highest BCUT2D eigenvalue weighted by Crippen LogP contribution is 2.26. The molecule has 2 nitrogen and oxygen atoms in total. The van der Waals surface area contributed by atoms with Crippen LogP contribution < -0.4 is 0 Å². The SMILES string of the molecule is Brc1ccc(Cn2c(-c3ccccc3)nc3ccccc32)cc1. The maximum atomic E-state index is 4.85. The predicted octanol–water partition coefficient (Wildman–Crippen LogP) is 5.51. The third kappa shape index (κ3) is 2.80. The van der Waals surface area contributed by atoms with Gasteiger partial charge < -0.3 is 4.57 Å². The van der Waals surface area contributed by atoms with E-state index < -0.39 is 0 Å². The van der Waals surface area contributed by atoms with Gasteiger partial charge in [0.2, 0.25) is 0 Å². The molecule has 0 radical (unpaired) electrons. The molecule has 0 aliphatic rings. The largest absolute Gasteiger partial charge is 0.319 e. The van der Waals surface area contributed by atoms with Gasteiger partial charge in [-0.3, -0.25) is 0 Å². The fourth-order valence-corrected chi connectivity index (χ4v) is 3.08. The summed E-state index contributed by atoms with van der Waals surface area (Å²) >= 11 is 3.50. The van der Waals surface area contributed by atoms with Gasteiger partial charge >= 0.3 is 0 Å². The van der Waals surface area contributed by atoms with Crippen molar-refractivity contribution in [2.45, 2.75) is 6.54 Å². The molecule has 0 bridgehead atoms. The van der Waals surface area contributed by atoms with Crippen LogP contribution in [0.3, 0.4) is 0 Å². The number of imidazole rings is 1. The molecule has 4 rings (SSSR count). The van der Waals surface area contributed by atoms with Gasteiger partial charge in [0.05, 0.1) is 11.0 Å². The van der Waals surface area contributed by atoms with E-state index in [-0.39, 0.29) is 0 Å². The first kappa shape index (κ1) is 14.2. The second kappa shape index (κ2) is 6.01. The van der Waals surface area contributed by atoms with Crippen molar-refractivity contribution in [1.82, 2.24) is 9.55 Å². The van der Waals surface area contributed by atoms with Crippen LogP contribution in [0.25, 0.3) is 22.4 Å². The Labute approximate surface area is 143 Å². The minimum atomic E-state index is 0.804. The van der Waals surface area contributed by atoms with Crippen molar-refractivity contribution in [1.29, 1.82) is 0 Å². The Balaban J connectivity index is 1.87. The number of para-hydroxylation sites is 2. The van der Waals surface area contributed by atoms with Crippen LogP contribution in [0, 0.1) is 0 Å². The van der Waals surface area contributed by atoms with Crippen LogP contribution in [0.4, 0.5) is 0 Å². The molecule has 0 unspecified atom stereocenters. The van der Waals surface area contributed by atoms with Crippen LogP contribution in [0.2, 0.25) is 0 Å². The molecular weight excluding hydrogens is 348 g/mol. The van der Waals surface area contributed by atoms with Gasteiger partial charge in [-0.15, -0.1) is 0 Å². The van der Waals surface area contributed by atoms with E-state index in [1.165, 1.54) is 5.56 Å². The van der Waals surface area contributed by atoms with Crippen LogP contribution in [0.5, 0.6) is 0 Å². The van der Waals surface area contributed by atoms with Crippen LogP contribution in [0.15, 0.2) is 83.3 Å². The Morgan fingerprint density at radius 2 is 1.48 bits per heavy atom. The van der Waals surface area contributed by atoms with Crippen LogP contribution in [-0.4, -0.2) is 9.55 Å². The van der Waals surface area contributed by atoms with E-state index in [4.69, 9.17) is 4.98 Å². The minimum absolute atomic E-state index is 0.804. The zero-order valence-corrected chi connectivity index (χ0v) is 14.1. The zero-order valence-electron chi connectivity index (χ0n) is 12.5. The number of aromatic nitrogens is 2. The number of fused-ring (bicyclic) bond motifs is 1. The second-order valence-electron chi connectivity index (χ2n) is 5.50. The van der Waals surface area contributed by atoms with Crippen molar-refractivity contribution < 1.29 is 0 Å².